The molecule has 1 N–H and O–H groups in total. The van der Waals surface area contributed by atoms with Crippen LogP contribution in [-0.4, -0.2) is 52.8 Å². The average molecular weight is 488 g/mol. The molecule has 1 aliphatic heterocycles. The molecule has 1 aromatic carbocycles. The zero-order valence-corrected chi connectivity index (χ0v) is 19.3. The first kappa shape index (κ1) is 23.5. The Morgan fingerprint density at radius 3 is 2.61 bits per heavy atom. The first-order valence-corrected chi connectivity index (χ1v) is 12.5. The van der Waals surface area contributed by atoms with Crippen molar-refractivity contribution in [1.82, 2.24) is 15.2 Å². The van der Waals surface area contributed by atoms with Crippen molar-refractivity contribution in [1.29, 1.82) is 0 Å². The summed E-state index contributed by atoms with van der Waals surface area (Å²) in [4.78, 5) is 13.5. The molecule has 2 heterocycles. The number of rotatable bonds is 7. The van der Waals surface area contributed by atoms with Crippen molar-refractivity contribution in [3.8, 4) is 17.0 Å². The number of hydrogen-bond donors (Lipinski definition) is 1. The zero-order valence-electron chi connectivity index (χ0n) is 18.5. The molecule has 12 heteroatoms. The number of sulfone groups is 1. The molecular weight excluding hydrogens is 461 g/mol. The molecule has 33 heavy (non-hydrogen) atoms. The summed E-state index contributed by atoms with van der Waals surface area (Å²) >= 11 is 0. The summed E-state index contributed by atoms with van der Waals surface area (Å²) in [6.45, 7) is 2.47. The summed E-state index contributed by atoms with van der Waals surface area (Å²) in [5, 5.41) is 4.57. The Morgan fingerprint density at radius 2 is 2.00 bits per heavy atom. The predicted molar refractivity (Wildman–Crippen MR) is 114 cm³/mol. The highest BCUT2D eigenvalue weighted by Gasteiger charge is 2.50. The number of nitroso groups, excluding NO2 is 1. The number of alkyl halides is 2. The maximum absolute atomic E-state index is 14.7. The van der Waals surface area contributed by atoms with Gasteiger partial charge in [-0.05, 0) is 45.4 Å². The van der Waals surface area contributed by atoms with Gasteiger partial charge in [-0.25, -0.2) is 12.8 Å². The third-order valence-corrected chi connectivity index (χ3v) is 8.12. The van der Waals surface area contributed by atoms with E-state index in [0.717, 1.165) is 28.3 Å². The topological polar surface area (TPSA) is 93.3 Å². The molecule has 0 radical (unpaired) electrons. The van der Waals surface area contributed by atoms with Crippen LogP contribution in [-0.2, 0) is 22.7 Å². The standard InChI is InChI=1S/C21H26F3N4O4S/c1-12(2)27-18-8-13(28(29)26-21(3)10-33(30,31)11-21)4-6-15(18)19(25-27)16-9-14(32-20(23)24)5-7-17(16)22/h5,7,9,12-13,20H,4,6,8,10-11H2,1-3H3,(H,26,29)/q+1/t13-/m1/s1. The molecule has 0 bridgehead atoms. The highest BCUT2D eigenvalue weighted by Crippen LogP contribution is 2.36. The molecular formula is C21H26F3N4O4S+. The number of aromatic nitrogens is 2. The van der Waals surface area contributed by atoms with Crippen molar-refractivity contribution in [2.45, 2.75) is 64.3 Å². The molecule has 1 saturated heterocycles. The molecule has 0 saturated carbocycles. The molecule has 0 spiro atoms. The van der Waals surface area contributed by atoms with Gasteiger partial charge in [0.1, 0.15) is 22.0 Å². The van der Waals surface area contributed by atoms with Crippen molar-refractivity contribution >= 4 is 9.84 Å². The summed E-state index contributed by atoms with van der Waals surface area (Å²) in [6, 6.07) is 2.86. The third-order valence-electron chi connectivity index (χ3n) is 5.97. The van der Waals surface area contributed by atoms with Crippen LogP contribution in [0.5, 0.6) is 5.75 Å². The fourth-order valence-corrected chi connectivity index (χ4v) is 6.66. The lowest BCUT2D eigenvalue weighted by atomic mass is 9.90. The van der Waals surface area contributed by atoms with E-state index in [-0.39, 0.29) is 28.9 Å². The van der Waals surface area contributed by atoms with Gasteiger partial charge in [-0.1, -0.05) is 0 Å². The van der Waals surface area contributed by atoms with Crippen molar-refractivity contribution in [3.05, 3.63) is 40.2 Å². The van der Waals surface area contributed by atoms with Gasteiger partial charge in [0.05, 0.1) is 28.5 Å². The van der Waals surface area contributed by atoms with Crippen LogP contribution in [0.1, 0.15) is 44.5 Å². The molecule has 8 nitrogen and oxygen atoms in total. The lowest BCUT2D eigenvalue weighted by Gasteiger charge is -2.35. The number of hydrazine groups is 1. The Bertz CT molecular complexity index is 1180. The largest absolute Gasteiger partial charge is 0.435 e. The summed E-state index contributed by atoms with van der Waals surface area (Å²) in [6.07, 6.45) is 1.20. The fraction of sp³-hybridized carbons (Fsp3) is 0.571. The van der Waals surface area contributed by atoms with E-state index in [2.05, 4.69) is 15.3 Å². The van der Waals surface area contributed by atoms with Gasteiger partial charge in [0.25, 0.3) is 0 Å². The second-order valence-electron chi connectivity index (χ2n) is 9.26. The molecule has 4 rings (SSSR count). The average Bonchev–Trinajstić information content (AvgIpc) is 3.06. The minimum Gasteiger partial charge on any atom is -0.435 e. The Kier molecular flexibility index (Phi) is 5.92. The molecule has 1 aliphatic carbocycles. The zero-order chi connectivity index (χ0) is 24.1. The minimum absolute atomic E-state index is 0.0616. The van der Waals surface area contributed by atoms with Crippen molar-refractivity contribution in [2.75, 3.05) is 11.5 Å². The SMILES string of the molecule is CC(C)n1nc(-c2cc(OC(F)F)ccc2F)c2c1C[C@H]([N+](=O)NC1(C)CS(=O)(=O)C1)CC2. The quantitative estimate of drug-likeness (QED) is 0.476. The van der Waals surface area contributed by atoms with Crippen LogP contribution in [0.25, 0.3) is 11.3 Å². The Morgan fingerprint density at radius 1 is 1.30 bits per heavy atom. The van der Waals surface area contributed by atoms with Gasteiger partial charge in [0.15, 0.2) is 9.84 Å². The Balaban J connectivity index is 1.63. The van der Waals surface area contributed by atoms with E-state index < -0.39 is 33.8 Å². The number of hydrogen-bond acceptors (Lipinski definition) is 5. The van der Waals surface area contributed by atoms with Gasteiger partial charge in [-0.2, -0.15) is 13.9 Å². The predicted octanol–water partition coefficient (Wildman–Crippen LogP) is 3.20. The van der Waals surface area contributed by atoms with E-state index in [1.54, 1.807) is 11.6 Å². The van der Waals surface area contributed by atoms with E-state index in [0.29, 0.717) is 25.0 Å². The van der Waals surface area contributed by atoms with Gasteiger partial charge < -0.3 is 4.74 Å². The lowest BCUT2D eigenvalue weighted by molar-refractivity contribution is -0.652. The van der Waals surface area contributed by atoms with Gasteiger partial charge in [-0.15, -0.1) is 5.43 Å². The third kappa shape index (κ3) is 4.71. The minimum atomic E-state index is -3.11. The molecule has 1 atom stereocenters. The van der Waals surface area contributed by atoms with E-state index in [9.17, 15) is 26.5 Å². The van der Waals surface area contributed by atoms with Gasteiger partial charge >= 0.3 is 6.61 Å². The van der Waals surface area contributed by atoms with Gasteiger partial charge in [0.2, 0.25) is 6.04 Å². The first-order chi connectivity index (χ1) is 15.4. The Labute approximate surface area is 189 Å². The van der Waals surface area contributed by atoms with Crippen LogP contribution in [0.15, 0.2) is 18.2 Å². The highest BCUT2D eigenvalue weighted by atomic mass is 32.2. The van der Waals surface area contributed by atoms with E-state index in [1.165, 1.54) is 6.07 Å². The number of nitrogens with zero attached hydrogens (tertiary/aromatic N) is 3. The molecule has 180 valence electrons. The van der Waals surface area contributed by atoms with E-state index in [1.807, 2.05) is 13.8 Å². The fourth-order valence-electron chi connectivity index (χ4n) is 4.68. The van der Waals surface area contributed by atoms with Crippen LogP contribution in [0.4, 0.5) is 13.2 Å². The van der Waals surface area contributed by atoms with Crippen molar-refractivity contribution < 1.29 is 31.2 Å². The normalized spacial score (nSPS) is 20.9. The maximum Gasteiger partial charge on any atom is 0.387 e. The molecule has 0 amide bonds. The van der Waals surface area contributed by atoms with Crippen LogP contribution in [0, 0.1) is 10.7 Å². The summed E-state index contributed by atoms with van der Waals surface area (Å²) in [5.74, 6) is -0.968. The van der Waals surface area contributed by atoms with Crippen LogP contribution in [0.2, 0.25) is 0 Å². The van der Waals surface area contributed by atoms with Crippen molar-refractivity contribution in [2.24, 2.45) is 0 Å². The number of benzene rings is 1. The van der Waals surface area contributed by atoms with E-state index >= 15 is 0 Å². The Hall–Kier alpha value is -2.63. The molecule has 2 aromatic rings. The first-order valence-electron chi connectivity index (χ1n) is 10.7. The highest BCUT2D eigenvalue weighted by molar-refractivity contribution is 7.93. The summed E-state index contributed by atoms with van der Waals surface area (Å²) < 4.78 is 69.2. The number of ether oxygens (including phenoxy) is 1. The van der Waals surface area contributed by atoms with Crippen LogP contribution >= 0.6 is 0 Å². The number of fused-ring (bicyclic) bond motifs is 1. The van der Waals surface area contributed by atoms with Gasteiger partial charge in [0, 0.05) is 29.3 Å². The molecule has 1 fully saturated rings. The maximum atomic E-state index is 14.7. The lowest BCUT2D eigenvalue weighted by Crippen LogP contribution is -2.65. The number of halogens is 3. The molecule has 1 aromatic heterocycles. The molecule has 2 aliphatic rings. The monoisotopic (exact) mass is 487 g/mol. The van der Waals surface area contributed by atoms with E-state index in [4.69, 9.17) is 0 Å². The van der Waals surface area contributed by atoms with Crippen LogP contribution < -0.4 is 10.2 Å². The number of nitrogens with one attached hydrogen (secondary N) is 1. The van der Waals surface area contributed by atoms with Crippen LogP contribution in [0.3, 0.4) is 0 Å². The smallest absolute Gasteiger partial charge is 0.387 e. The summed E-state index contributed by atoms with van der Waals surface area (Å²) in [5.41, 5.74) is 3.94. The van der Waals surface area contributed by atoms with Crippen molar-refractivity contribution in [3.63, 3.8) is 0 Å². The van der Waals surface area contributed by atoms with Gasteiger partial charge in [-0.3, -0.25) is 4.68 Å². The second-order valence-corrected chi connectivity index (χ2v) is 11.3. The molecule has 0 unspecified atom stereocenters. The second kappa shape index (κ2) is 8.30. The summed E-state index contributed by atoms with van der Waals surface area (Å²) in [7, 11) is -3.11.